The van der Waals surface area contributed by atoms with Crippen LogP contribution in [0.3, 0.4) is 0 Å². The molecular weight excluding hydrogens is 264 g/mol. The van der Waals surface area contributed by atoms with Crippen molar-refractivity contribution in [2.75, 3.05) is 51.5 Å². The Morgan fingerprint density at radius 2 is 1.62 bits per heavy atom. The number of nitrogens with one attached hydrogen (secondary N) is 1. The Labute approximate surface area is 129 Å². The number of rotatable bonds is 11. The average Bonchev–Trinajstić information content (AvgIpc) is 2.53. The highest BCUT2D eigenvalue weighted by molar-refractivity contribution is 5.55. The van der Waals surface area contributed by atoms with Crippen molar-refractivity contribution in [3.05, 3.63) is 29.8 Å². The van der Waals surface area contributed by atoms with E-state index in [4.69, 9.17) is 9.47 Å². The quantitative estimate of drug-likeness (QED) is 0.636. The summed E-state index contributed by atoms with van der Waals surface area (Å²) >= 11 is 0. The molecule has 1 unspecified atom stereocenters. The summed E-state index contributed by atoms with van der Waals surface area (Å²) < 4.78 is 11.0. The molecule has 0 amide bonds. The molecule has 0 heterocycles. The van der Waals surface area contributed by atoms with Gasteiger partial charge < -0.3 is 19.7 Å². The number of nitrogens with zero attached hydrogens (tertiary/aromatic N) is 1. The molecule has 1 N–H and O–H groups in total. The predicted molar refractivity (Wildman–Crippen MR) is 89.1 cm³/mol. The normalized spacial score (nSPS) is 12.4. The molecule has 1 atom stereocenters. The molecule has 4 nitrogen and oxygen atoms in total. The number of para-hydroxylation sites is 1. The van der Waals surface area contributed by atoms with Crippen LogP contribution in [0.15, 0.2) is 24.3 Å². The van der Waals surface area contributed by atoms with Crippen LogP contribution in [0.5, 0.6) is 0 Å². The van der Waals surface area contributed by atoms with Gasteiger partial charge >= 0.3 is 0 Å². The predicted octanol–water partition coefficient (Wildman–Crippen LogP) is 2.85. The van der Waals surface area contributed by atoms with Gasteiger partial charge in [-0.2, -0.15) is 0 Å². The maximum atomic E-state index is 5.52. The van der Waals surface area contributed by atoms with E-state index in [1.807, 2.05) is 20.9 Å². The van der Waals surface area contributed by atoms with Gasteiger partial charge in [-0.3, -0.25) is 0 Å². The number of hydrogen-bond donors (Lipinski definition) is 1. The minimum atomic E-state index is 0.322. The van der Waals surface area contributed by atoms with Gasteiger partial charge in [0.15, 0.2) is 0 Å². The second-order valence-electron chi connectivity index (χ2n) is 4.95. The number of benzene rings is 1. The minimum absolute atomic E-state index is 0.322. The summed E-state index contributed by atoms with van der Waals surface area (Å²) in [7, 11) is 1.99. The van der Waals surface area contributed by atoms with Crippen LogP contribution in [0.25, 0.3) is 0 Å². The SMILES string of the molecule is CCOCCN(CCOCC)c1ccccc1C(C)NC. The molecule has 4 heteroatoms. The molecule has 1 aromatic carbocycles. The zero-order valence-corrected chi connectivity index (χ0v) is 13.9. The van der Waals surface area contributed by atoms with Crippen LogP contribution < -0.4 is 10.2 Å². The zero-order valence-electron chi connectivity index (χ0n) is 13.9. The Morgan fingerprint density at radius 3 is 2.14 bits per heavy atom. The molecule has 0 aromatic heterocycles. The molecule has 0 aliphatic carbocycles. The fourth-order valence-corrected chi connectivity index (χ4v) is 2.29. The summed E-state index contributed by atoms with van der Waals surface area (Å²) in [5.41, 5.74) is 2.58. The van der Waals surface area contributed by atoms with Gasteiger partial charge in [0.05, 0.1) is 13.2 Å². The van der Waals surface area contributed by atoms with E-state index in [-0.39, 0.29) is 0 Å². The highest BCUT2D eigenvalue weighted by Gasteiger charge is 2.14. The van der Waals surface area contributed by atoms with Crippen molar-refractivity contribution in [3.63, 3.8) is 0 Å². The molecule has 0 aliphatic rings. The van der Waals surface area contributed by atoms with E-state index >= 15 is 0 Å². The van der Waals surface area contributed by atoms with E-state index in [0.717, 1.165) is 39.5 Å². The first kappa shape index (κ1) is 18.0. The summed E-state index contributed by atoms with van der Waals surface area (Å²) in [6.07, 6.45) is 0. The highest BCUT2D eigenvalue weighted by Crippen LogP contribution is 2.25. The lowest BCUT2D eigenvalue weighted by molar-refractivity contribution is 0.141. The number of anilines is 1. The molecule has 1 aromatic rings. The van der Waals surface area contributed by atoms with E-state index < -0.39 is 0 Å². The van der Waals surface area contributed by atoms with Crippen molar-refractivity contribution in [2.24, 2.45) is 0 Å². The first-order valence-corrected chi connectivity index (χ1v) is 7.91. The van der Waals surface area contributed by atoms with E-state index in [1.54, 1.807) is 0 Å². The van der Waals surface area contributed by atoms with Crippen LogP contribution >= 0.6 is 0 Å². The Bertz CT molecular complexity index is 375. The molecule has 0 saturated heterocycles. The van der Waals surface area contributed by atoms with Gasteiger partial charge in [-0.1, -0.05) is 18.2 Å². The summed E-state index contributed by atoms with van der Waals surface area (Å²) in [4.78, 5) is 2.36. The molecule has 0 aliphatic heterocycles. The van der Waals surface area contributed by atoms with Gasteiger partial charge in [-0.25, -0.2) is 0 Å². The van der Waals surface area contributed by atoms with E-state index in [0.29, 0.717) is 6.04 Å². The zero-order chi connectivity index (χ0) is 15.5. The summed E-state index contributed by atoms with van der Waals surface area (Å²) in [6.45, 7) is 11.0. The van der Waals surface area contributed by atoms with Crippen LogP contribution in [-0.4, -0.2) is 46.6 Å². The van der Waals surface area contributed by atoms with Gasteiger partial charge in [0, 0.05) is 38.0 Å². The molecule has 120 valence electrons. The third-order valence-corrected chi connectivity index (χ3v) is 3.60. The molecule has 0 radical (unpaired) electrons. The van der Waals surface area contributed by atoms with Crippen molar-refractivity contribution in [1.82, 2.24) is 5.32 Å². The van der Waals surface area contributed by atoms with Gasteiger partial charge in [0.2, 0.25) is 0 Å². The maximum Gasteiger partial charge on any atom is 0.0641 e. The van der Waals surface area contributed by atoms with Crippen LogP contribution in [0.2, 0.25) is 0 Å². The largest absolute Gasteiger partial charge is 0.380 e. The molecule has 0 fully saturated rings. The van der Waals surface area contributed by atoms with Gasteiger partial charge in [0.25, 0.3) is 0 Å². The first-order valence-electron chi connectivity index (χ1n) is 7.91. The lowest BCUT2D eigenvalue weighted by Crippen LogP contribution is -2.32. The monoisotopic (exact) mass is 294 g/mol. The highest BCUT2D eigenvalue weighted by atomic mass is 16.5. The van der Waals surface area contributed by atoms with Crippen molar-refractivity contribution in [3.8, 4) is 0 Å². The van der Waals surface area contributed by atoms with Gasteiger partial charge in [0.1, 0.15) is 0 Å². The molecule has 21 heavy (non-hydrogen) atoms. The molecular formula is C17H30N2O2. The smallest absolute Gasteiger partial charge is 0.0641 e. The Kier molecular flexibility index (Phi) is 9.06. The maximum absolute atomic E-state index is 5.52. The second-order valence-corrected chi connectivity index (χ2v) is 4.95. The van der Waals surface area contributed by atoms with Crippen LogP contribution in [0.1, 0.15) is 32.4 Å². The van der Waals surface area contributed by atoms with Gasteiger partial charge in [-0.15, -0.1) is 0 Å². The lowest BCUT2D eigenvalue weighted by Gasteiger charge is -2.28. The Balaban J connectivity index is 2.84. The van der Waals surface area contributed by atoms with Crippen molar-refractivity contribution in [1.29, 1.82) is 0 Å². The fraction of sp³-hybridized carbons (Fsp3) is 0.647. The summed E-state index contributed by atoms with van der Waals surface area (Å²) in [6, 6.07) is 8.88. The van der Waals surface area contributed by atoms with E-state index in [9.17, 15) is 0 Å². The minimum Gasteiger partial charge on any atom is -0.380 e. The lowest BCUT2D eigenvalue weighted by atomic mass is 10.1. The van der Waals surface area contributed by atoms with Crippen molar-refractivity contribution < 1.29 is 9.47 Å². The Hall–Kier alpha value is -1.10. The van der Waals surface area contributed by atoms with E-state index in [2.05, 4.69) is 41.4 Å². The summed E-state index contributed by atoms with van der Waals surface area (Å²) in [5.74, 6) is 0. The average molecular weight is 294 g/mol. The Morgan fingerprint density at radius 1 is 1.05 bits per heavy atom. The van der Waals surface area contributed by atoms with Crippen LogP contribution in [0.4, 0.5) is 5.69 Å². The molecule has 0 bridgehead atoms. The fourth-order valence-electron chi connectivity index (χ4n) is 2.29. The second kappa shape index (κ2) is 10.6. The summed E-state index contributed by atoms with van der Waals surface area (Å²) in [5, 5.41) is 3.32. The van der Waals surface area contributed by atoms with E-state index in [1.165, 1.54) is 11.3 Å². The third kappa shape index (κ3) is 6.04. The molecule has 0 spiro atoms. The van der Waals surface area contributed by atoms with Crippen molar-refractivity contribution in [2.45, 2.75) is 26.8 Å². The number of hydrogen-bond acceptors (Lipinski definition) is 4. The van der Waals surface area contributed by atoms with Crippen LogP contribution in [0, 0.1) is 0 Å². The topological polar surface area (TPSA) is 33.7 Å². The molecule has 1 rings (SSSR count). The standard InChI is InChI=1S/C17H30N2O2/c1-5-20-13-11-19(12-14-21-6-2)17-10-8-7-9-16(17)15(3)18-4/h7-10,15,18H,5-6,11-14H2,1-4H3. The van der Waals surface area contributed by atoms with Crippen molar-refractivity contribution >= 4 is 5.69 Å². The van der Waals surface area contributed by atoms with Gasteiger partial charge in [-0.05, 0) is 39.4 Å². The third-order valence-electron chi connectivity index (χ3n) is 3.60. The molecule has 0 saturated carbocycles. The number of ether oxygens (including phenoxy) is 2. The van der Waals surface area contributed by atoms with Crippen LogP contribution in [-0.2, 0) is 9.47 Å². The first-order chi connectivity index (χ1) is 10.2.